The Bertz CT molecular complexity index is 812. The van der Waals surface area contributed by atoms with E-state index in [4.69, 9.17) is 0 Å². The van der Waals surface area contributed by atoms with Crippen LogP contribution in [0.3, 0.4) is 0 Å². The van der Waals surface area contributed by atoms with Crippen LogP contribution in [0.25, 0.3) is 11.2 Å². The summed E-state index contributed by atoms with van der Waals surface area (Å²) < 4.78 is 2.19. The number of carbonyl (C=O) groups excluding carboxylic acids is 1. The number of amides is 1. The summed E-state index contributed by atoms with van der Waals surface area (Å²) in [5.41, 5.74) is 2.37. The molecule has 4 heterocycles. The first-order valence-corrected chi connectivity index (χ1v) is 10.0. The minimum absolute atomic E-state index is 0.0821. The van der Waals surface area contributed by atoms with Gasteiger partial charge in [0, 0.05) is 30.9 Å². The van der Waals surface area contributed by atoms with Crippen LogP contribution in [-0.2, 0) is 0 Å². The molecule has 6 nitrogen and oxygen atoms in total. The van der Waals surface area contributed by atoms with Crippen LogP contribution in [0.15, 0.2) is 18.6 Å². The van der Waals surface area contributed by atoms with Crippen LogP contribution in [0.5, 0.6) is 0 Å². The number of pyridine rings is 1. The third kappa shape index (κ3) is 2.54. The second kappa shape index (κ2) is 6.34. The maximum atomic E-state index is 13.2. The molecule has 1 aliphatic carbocycles. The van der Waals surface area contributed by atoms with E-state index in [-0.39, 0.29) is 24.6 Å². The van der Waals surface area contributed by atoms with Crippen molar-refractivity contribution >= 4 is 17.1 Å². The van der Waals surface area contributed by atoms with E-state index in [1.807, 2.05) is 12.4 Å². The van der Waals surface area contributed by atoms with Gasteiger partial charge in [-0.25, -0.2) is 9.97 Å². The molecule has 6 heteroatoms. The Morgan fingerprint density at radius 3 is 2.50 bits per heavy atom. The third-order valence-corrected chi connectivity index (χ3v) is 6.70. The number of imidazole rings is 1. The van der Waals surface area contributed by atoms with Crippen LogP contribution >= 0.6 is 0 Å². The van der Waals surface area contributed by atoms with Crippen molar-refractivity contribution in [2.45, 2.75) is 69.5 Å². The molecule has 0 spiro atoms. The molecular weight excluding hydrogens is 328 g/mol. The fraction of sp³-hybridized carbons (Fsp3) is 0.650. The number of aliphatic hydroxyl groups is 1. The first-order valence-electron chi connectivity index (χ1n) is 10.0. The summed E-state index contributed by atoms with van der Waals surface area (Å²) in [5, 5.41) is 9.48. The number of hydrogen-bond acceptors (Lipinski definition) is 4. The van der Waals surface area contributed by atoms with E-state index in [0.29, 0.717) is 17.5 Å². The maximum Gasteiger partial charge on any atom is 0.255 e. The van der Waals surface area contributed by atoms with Gasteiger partial charge in [-0.2, -0.15) is 0 Å². The largest absolute Gasteiger partial charge is 0.396 e. The lowest BCUT2D eigenvalue weighted by molar-refractivity contribution is 0.0453. The monoisotopic (exact) mass is 354 g/mol. The van der Waals surface area contributed by atoms with E-state index < -0.39 is 0 Å². The van der Waals surface area contributed by atoms with Crippen LogP contribution in [0.1, 0.15) is 67.8 Å². The number of fused-ring (bicyclic) bond motifs is 3. The van der Waals surface area contributed by atoms with Gasteiger partial charge in [-0.15, -0.1) is 0 Å². The normalized spacial score (nSPS) is 29.0. The molecule has 3 atom stereocenters. The van der Waals surface area contributed by atoms with E-state index in [1.54, 1.807) is 6.20 Å². The molecule has 5 rings (SSSR count). The summed E-state index contributed by atoms with van der Waals surface area (Å²) in [6, 6.07) is 2.95. The highest BCUT2D eigenvalue weighted by Gasteiger charge is 2.43. The summed E-state index contributed by atoms with van der Waals surface area (Å²) in [7, 11) is 0. The number of aliphatic hydroxyl groups excluding tert-OH is 1. The number of carbonyl (C=O) groups is 1. The molecule has 2 bridgehead atoms. The molecule has 2 aromatic rings. The number of rotatable bonds is 3. The van der Waals surface area contributed by atoms with Crippen molar-refractivity contribution in [1.29, 1.82) is 0 Å². The Morgan fingerprint density at radius 1 is 1.08 bits per heavy atom. The molecule has 1 amide bonds. The molecular formula is C20H26N4O2. The smallest absolute Gasteiger partial charge is 0.255 e. The van der Waals surface area contributed by atoms with Crippen molar-refractivity contribution in [1.82, 2.24) is 19.4 Å². The average molecular weight is 354 g/mol. The number of hydrogen-bond donors (Lipinski definition) is 1. The van der Waals surface area contributed by atoms with Crippen molar-refractivity contribution in [2.24, 2.45) is 5.92 Å². The molecule has 1 unspecified atom stereocenters. The van der Waals surface area contributed by atoms with E-state index >= 15 is 0 Å². The predicted octanol–water partition coefficient (Wildman–Crippen LogP) is 2.92. The molecule has 26 heavy (non-hydrogen) atoms. The van der Waals surface area contributed by atoms with Crippen molar-refractivity contribution in [3.63, 3.8) is 0 Å². The molecule has 2 aromatic heterocycles. The number of aromatic nitrogens is 3. The quantitative estimate of drug-likeness (QED) is 0.920. The van der Waals surface area contributed by atoms with Gasteiger partial charge < -0.3 is 14.6 Å². The third-order valence-electron chi connectivity index (χ3n) is 6.70. The van der Waals surface area contributed by atoms with Crippen LogP contribution in [0.4, 0.5) is 0 Å². The van der Waals surface area contributed by atoms with Gasteiger partial charge in [0.1, 0.15) is 5.52 Å². The lowest BCUT2D eigenvalue weighted by Crippen LogP contribution is -2.47. The summed E-state index contributed by atoms with van der Waals surface area (Å²) >= 11 is 0. The molecule has 0 aromatic carbocycles. The lowest BCUT2D eigenvalue weighted by Gasteiger charge is -2.38. The zero-order valence-corrected chi connectivity index (χ0v) is 15.0. The molecule has 2 saturated heterocycles. The van der Waals surface area contributed by atoms with Crippen LogP contribution in [0.2, 0.25) is 0 Å². The summed E-state index contributed by atoms with van der Waals surface area (Å²) in [6.45, 7) is 0.237. The summed E-state index contributed by atoms with van der Waals surface area (Å²) in [6.07, 6.45) is 12.5. The second-order valence-electron chi connectivity index (χ2n) is 8.27. The second-order valence-corrected chi connectivity index (χ2v) is 8.27. The van der Waals surface area contributed by atoms with Gasteiger partial charge >= 0.3 is 0 Å². The minimum Gasteiger partial charge on any atom is -0.396 e. The van der Waals surface area contributed by atoms with Gasteiger partial charge in [-0.1, -0.05) is 12.8 Å². The topological polar surface area (TPSA) is 71.2 Å². The average Bonchev–Trinajstić information content (AvgIpc) is 3.38. The zero-order valence-electron chi connectivity index (χ0n) is 15.0. The summed E-state index contributed by atoms with van der Waals surface area (Å²) in [5.74, 6) is 0.429. The first kappa shape index (κ1) is 16.2. The van der Waals surface area contributed by atoms with Gasteiger partial charge in [0.15, 0.2) is 5.65 Å². The summed E-state index contributed by atoms with van der Waals surface area (Å²) in [4.78, 5) is 24.4. The van der Waals surface area contributed by atoms with Gasteiger partial charge in [-0.3, -0.25) is 4.79 Å². The molecule has 138 valence electrons. The molecule has 1 saturated carbocycles. The number of nitrogens with zero attached hydrogens (tertiary/aromatic N) is 4. The molecule has 1 N–H and O–H groups in total. The zero-order chi connectivity index (χ0) is 17.7. The molecule has 3 fully saturated rings. The SMILES string of the molecule is O=C(c1cnc2c(c1)ncn2C1CCCC1)N1[C@@H]2CC[C@H]1CC(CO)C2. The Kier molecular flexibility index (Phi) is 3.96. The maximum absolute atomic E-state index is 13.2. The van der Waals surface area contributed by atoms with Crippen molar-refractivity contribution in [3.05, 3.63) is 24.2 Å². The Hall–Kier alpha value is -1.95. The van der Waals surface area contributed by atoms with Crippen LogP contribution in [-0.4, -0.2) is 49.1 Å². The Morgan fingerprint density at radius 2 is 1.81 bits per heavy atom. The molecule has 0 radical (unpaired) electrons. The minimum atomic E-state index is 0.0821. The standard InChI is InChI=1S/C20H26N4O2/c25-11-13-7-16-5-6-17(8-13)24(16)20(26)14-9-18-19(21-10-14)23(12-22-18)15-3-1-2-4-15/h9-10,12-13,15-17,25H,1-8,11H2/t13?,16-,17+. The van der Waals surface area contributed by atoms with E-state index in [2.05, 4.69) is 19.4 Å². The van der Waals surface area contributed by atoms with Crippen LogP contribution in [0, 0.1) is 5.92 Å². The lowest BCUT2D eigenvalue weighted by atomic mass is 9.91. The van der Waals surface area contributed by atoms with Gasteiger partial charge in [0.2, 0.25) is 0 Å². The van der Waals surface area contributed by atoms with Crippen molar-refractivity contribution in [3.8, 4) is 0 Å². The van der Waals surface area contributed by atoms with Crippen molar-refractivity contribution < 1.29 is 9.90 Å². The highest BCUT2D eigenvalue weighted by molar-refractivity contribution is 5.97. The van der Waals surface area contributed by atoms with E-state index in [1.165, 1.54) is 25.7 Å². The predicted molar refractivity (Wildman–Crippen MR) is 97.8 cm³/mol. The Labute approximate surface area is 153 Å². The highest BCUT2D eigenvalue weighted by atomic mass is 16.3. The van der Waals surface area contributed by atoms with E-state index in [0.717, 1.165) is 36.8 Å². The fourth-order valence-electron chi connectivity index (χ4n) is 5.41. The first-order chi connectivity index (χ1) is 12.7. The molecule has 2 aliphatic heterocycles. The van der Waals surface area contributed by atoms with Gasteiger partial charge in [0.05, 0.1) is 11.9 Å². The number of piperidine rings is 1. The van der Waals surface area contributed by atoms with Crippen LogP contribution < -0.4 is 0 Å². The Balaban J connectivity index is 1.42. The van der Waals surface area contributed by atoms with Gasteiger partial charge in [-0.05, 0) is 50.5 Å². The highest BCUT2D eigenvalue weighted by Crippen LogP contribution is 2.39. The van der Waals surface area contributed by atoms with E-state index in [9.17, 15) is 9.90 Å². The van der Waals surface area contributed by atoms with Crippen molar-refractivity contribution in [2.75, 3.05) is 6.61 Å². The fourth-order valence-corrected chi connectivity index (χ4v) is 5.41. The van der Waals surface area contributed by atoms with Gasteiger partial charge in [0.25, 0.3) is 5.91 Å². The molecule has 3 aliphatic rings.